The summed E-state index contributed by atoms with van der Waals surface area (Å²) in [4.78, 5) is 6.68. The first-order chi connectivity index (χ1) is 9.01. The second-order valence-electron chi connectivity index (χ2n) is 5.42. The van der Waals surface area contributed by atoms with Gasteiger partial charge in [-0.25, -0.2) is 4.98 Å². The Morgan fingerprint density at radius 1 is 1.42 bits per heavy atom. The van der Waals surface area contributed by atoms with Crippen molar-refractivity contribution in [3.63, 3.8) is 0 Å². The fraction of sp³-hybridized carbons (Fsp3) is 0.786. The van der Waals surface area contributed by atoms with Crippen LogP contribution >= 0.6 is 0 Å². The molecular formula is C14H29N5. The summed E-state index contributed by atoms with van der Waals surface area (Å²) in [5, 5.41) is 0. The highest BCUT2D eigenvalue weighted by Crippen LogP contribution is 2.28. The SMILES string of the molecule is CCC(CC)(C(CCc1nccn1C)NN)N(C)C. The van der Waals surface area contributed by atoms with Crippen molar-refractivity contribution in [1.29, 1.82) is 0 Å². The highest BCUT2D eigenvalue weighted by molar-refractivity contribution is 4.99. The first-order valence-electron chi connectivity index (χ1n) is 7.11. The average Bonchev–Trinajstić information content (AvgIpc) is 2.80. The minimum atomic E-state index is 0.0971. The Labute approximate surface area is 117 Å². The quantitative estimate of drug-likeness (QED) is 0.551. The number of imidazole rings is 1. The molecule has 0 aliphatic heterocycles. The topological polar surface area (TPSA) is 59.1 Å². The van der Waals surface area contributed by atoms with Crippen molar-refractivity contribution >= 4 is 0 Å². The molecule has 0 fully saturated rings. The van der Waals surface area contributed by atoms with Crippen LogP contribution < -0.4 is 11.3 Å². The molecule has 0 aliphatic carbocycles. The van der Waals surface area contributed by atoms with Crippen molar-refractivity contribution < 1.29 is 0 Å². The van der Waals surface area contributed by atoms with Crippen LogP contribution in [0.1, 0.15) is 38.9 Å². The molecular weight excluding hydrogens is 238 g/mol. The first kappa shape index (κ1) is 16.1. The number of nitrogens with one attached hydrogen (secondary N) is 1. The summed E-state index contributed by atoms with van der Waals surface area (Å²) >= 11 is 0. The molecule has 0 spiro atoms. The monoisotopic (exact) mass is 267 g/mol. The predicted octanol–water partition coefficient (Wildman–Crippen LogP) is 1.31. The zero-order valence-electron chi connectivity index (χ0n) is 13.0. The van der Waals surface area contributed by atoms with E-state index in [-0.39, 0.29) is 11.6 Å². The number of nitrogens with two attached hydrogens (primary N) is 1. The maximum atomic E-state index is 5.82. The van der Waals surface area contributed by atoms with Crippen LogP contribution in [0, 0.1) is 0 Å². The van der Waals surface area contributed by atoms with Gasteiger partial charge in [-0.2, -0.15) is 0 Å². The van der Waals surface area contributed by atoms with Gasteiger partial charge in [-0.15, -0.1) is 0 Å². The molecule has 1 rings (SSSR count). The Kier molecular flexibility index (Phi) is 5.97. The number of hydrogen-bond acceptors (Lipinski definition) is 4. The molecule has 0 bridgehead atoms. The van der Waals surface area contributed by atoms with Gasteiger partial charge in [-0.1, -0.05) is 13.8 Å². The average molecular weight is 267 g/mol. The molecule has 0 amide bonds. The van der Waals surface area contributed by atoms with Crippen molar-refractivity contribution in [3.8, 4) is 0 Å². The molecule has 1 atom stereocenters. The van der Waals surface area contributed by atoms with Crippen LogP contribution in [0.15, 0.2) is 12.4 Å². The van der Waals surface area contributed by atoms with Crippen LogP contribution in [-0.4, -0.2) is 40.1 Å². The van der Waals surface area contributed by atoms with Gasteiger partial charge < -0.3 is 9.47 Å². The molecule has 5 heteroatoms. The van der Waals surface area contributed by atoms with E-state index in [0.29, 0.717) is 0 Å². The third-order valence-electron chi connectivity index (χ3n) is 4.54. The van der Waals surface area contributed by atoms with Crippen LogP contribution in [0.4, 0.5) is 0 Å². The van der Waals surface area contributed by atoms with Gasteiger partial charge in [0, 0.05) is 37.4 Å². The van der Waals surface area contributed by atoms with Crippen molar-refractivity contribution in [2.75, 3.05) is 14.1 Å². The van der Waals surface area contributed by atoms with Gasteiger partial charge in [-0.05, 0) is 33.4 Å². The maximum Gasteiger partial charge on any atom is 0.108 e. The van der Waals surface area contributed by atoms with E-state index in [0.717, 1.165) is 31.5 Å². The fourth-order valence-corrected chi connectivity index (χ4v) is 3.10. The van der Waals surface area contributed by atoms with E-state index >= 15 is 0 Å². The standard InChI is InChI=1S/C14H29N5/c1-6-14(7-2,18(3)4)12(17-15)8-9-13-16-10-11-19(13)5/h10-12,17H,6-9,15H2,1-5H3. The predicted molar refractivity (Wildman–Crippen MR) is 79.6 cm³/mol. The van der Waals surface area contributed by atoms with E-state index in [9.17, 15) is 0 Å². The lowest BCUT2D eigenvalue weighted by Gasteiger charge is -2.45. The molecule has 1 aromatic heterocycles. The summed E-state index contributed by atoms with van der Waals surface area (Å²) in [5.41, 5.74) is 3.13. The number of aryl methyl sites for hydroxylation is 2. The van der Waals surface area contributed by atoms with E-state index in [1.165, 1.54) is 0 Å². The molecule has 0 saturated carbocycles. The normalized spacial score (nSPS) is 14.1. The molecule has 0 aliphatic rings. The fourth-order valence-electron chi connectivity index (χ4n) is 3.10. The van der Waals surface area contributed by atoms with Crippen molar-refractivity contribution in [2.24, 2.45) is 12.9 Å². The minimum Gasteiger partial charge on any atom is -0.338 e. The lowest BCUT2D eigenvalue weighted by molar-refractivity contribution is 0.0839. The number of rotatable bonds is 8. The van der Waals surface area contributed by atoms with Gasteiger partial charge in [0.15, 0.2) is 0 Å². The number of nitrogens with zero attached hydrogens (tertiary/aromatic N) is 3. The van der Waals surface area contributed by atoms with E-state index in [1.807, 2.05) is 19.4 Å². The Morgan fingerprint density at radius 3 is 2.42 bits per heavy atom. The Morgan fingerprint density at radius 2 is 2.05 bits per heavy atom. The highest BCUT2D eigenvalue weighted by atomic mass is 15.3. The van der Waals surface area contributed by atoms with E-state index in [4.69, 9.17) is 5.84 Å². The number of aromatic nitrogens is 2. The van der Waals surface area contributed by atoms with Gasteiger partial charge in [0.05, 0.1) is 0 Å². The molecule has 3 N–H and O–H groups in total. The van der Waals surface area contributed by atoms with Gasteiger partial charge in [0.1, 0.15) is 5.82 Å². The molecule has 0 saturated heterocycles. The smallest absolute Gasteiger partial charge is 0.108 e. The Bertz CT molecular complexity index is 368. The summed E-state index contributed by atoms with van der Waals surface area (Å²) < 4.78 is 2.07. The van der Waals surface area contributed by atoms with Crippen LogP contribution in [0.3, 0.4) is 0 Å². The molecule has 19 heavy (non-hydrogen) atoms. The lowest BCUT2D eigenvalue weighted by atomic mass is 9.81. The van der Waals surface area contributed by atoms with Crippen molar-refractivity contribution in [2.45, 2.75) is 51.1 Å². The Balaban J connectivity index is 2.78. The molecule has 1 unspecified atom stereocenters. The van der Waals surface area contributed by atoms with Gasteiger partial charge in [0.2, 0.25) is 0 Å². The first-order valence-corrected chi connectivity index (χ1v) is 7.11. The van der Waals surface area contributed by atoms with E-state index in [1.54, 1.807) is 0 Å². The van der Waals surface area contributed by atoms with Gasteiger partial charge >= 0.3 is 0 Å². The summed E-state index contributed by atoms with van der Waals surface area (Å²) in [6.07, 6.45) is 7.91. The molecule has 0 radical (unpaired) electrons. The molecule has 0 aromatic carbocycles. The largest absolute Gasteiger partial charge is 0.338 e. The number of hydrogen-bond donors (Lipinski definition) is 2. The zero-order valence-corrected chi connectivity index (χ0v) is 13.0. The van der Waals surface area contributed by atoms with Crippen LogP contribution in [0.25, 0.3) is 0 Å². The van der Waals surface area contributed by atoms with E-state index in [2.05, 4.69) is 47.8 Å². The molecule has 1 heterocycles. The lowest BCUT2D eigenvalue weighted by Crippen LogP contribution is -2.60. The second-order valence-corrected chi connectivity index (χ2v) is 5.42. The van der Waals surface area contributed by atoms with Crippen molar-refractivity contribution in [1.82, 2.24) is 19.9 Å². The van der Waals surface area contributed by atoms with Crippen LogP contribution in [-0.2, 0) is 13.5 Å². The summed E-state index contributed by atoms with van der Waals surface area (Å²) in [7, 11) is 6.31. The van der Waals surface area contributed by atoms with Gasteiger partial charge in [-0.3, -0.25) is 11.3 Å². The highest BCUT2D eigenvalue weighted by Gasteiger charge is 2.37. The summed E-state index contributed by atoms with van der Waals surface area (Å²) in [6.45, 7) is 4.46. The number of likely N-dealkylation sites (N-methyl/N-ethyl adjacent to an activating group) is 1. The Hall–Kier alpha value is -0.910. The minimum absolute atomic E-state index is 0.0971. The summed E-state index contributed by atoms with van der Waals surface area (Å²) in [6, 6.07) is 0.259. The summed E-state index contributed by atoms with van der Waals surface area (Å²) in [5.74, 6) is 6.93. The zero-order chi connectivity index (χ0) is 14.5. The second kappa shape index (κ2) is 7.03. The van der Waals surface area contributed by atoms with Crippen LogP contribution in [0.5, 0.6) is 0 Å². The third-order valence-corrected chi connectivity index (χ3v) is 4.54. The number of hydrazine groups is 1. The molecule has 1 aromatic rings. The van der Waals surface area contributed by atoms with E-state index < -0.39 is 0 Å². The molecule has 110 valence electrons. The third kappa shape index (κ3) is 3.35. The van der Waals surface area contributed by atoms with Crippen LogP contribution in [0.2, 0.25) is 0 Å². The maximum absolute atomic E-state index is 5.82. The van der Waals surface area contributed by atoms with Crippen molar-refractivity contribution in [3.05, 3.63) is 18.2 Å². The molecule has 5 nitrogen and oxygen atoms in total. The van der Waals surface area contributed by atoms with Gasteiger partial charge in [0.25, 0.3) is 0 Å².